The number of aromatic nitrogens is 2. The quantitative estimate of drug-likeness (QED) is 0.819. The van der Waals surface area contributed by atoms with Gasteiger partial charge in [-0.3, -0.25) is 0 Å². The number of sulfone groups is 1. The zero-order chi connectivity index (χ0) is 13.3. The molecule has 0 aliphatic heterocycles. The summed E-state index contributed by atoms with van der Waals surface area (Å²) in [6.07, 6.45) is 3.88. The molecule has 7 heteroatoms. The molecular formula is C11H10Cl2N2O2S. The molecule has 0 saturated heterocycles. The van der Waals surface area contributed by atoms with Gasteiger partial charge in [0.05, 0.1) is 11.9 Å². The van der Waals surface area contributed by atoms with Crippen molar-refractivity contribution in [3.8, 4) is 5.69 Å². The smallest absolute Gasteiger partial charge is 0.178 e. The van der Waals surface area contributed by atoms with E-state index < -0.39 is 9.84 Å². The lowest BCUT2D eigenvalue weighted by Gasteiger charge is -2.07. The summed E-state index contributed by atoms with van der Waals surface area (Å²) in [5, 5.41) is 4.56. The Labute approximate surface area is 115 Å². The van der Waals surface area contributed by atoms with Crippen LogP contribution in [0.5, 0.6) is 0 Å². The van der Waals surface area contributed by atoms with Gasteiger partial charge in [0.25, 0.3) is 0 Å². The molecule has 18 heavy (non-hydrogen) atoms. The van der Waals surface area contributed by atoms with E-state index in [0.717, 1.165) is 11.8 Å². The highest BCUT2D eigenvalue weighted by Crippen LogP contribution is 2.22. The SMILES string of the molecule is CS(=O)(=O)c1cnn(-c2cc(Cl)ccc2CCl)c1. The van der Waals surface area contributed by atoms with E-state index in [-0.39, 0.29) is 4.90 Å². The molecule has 0 bridgehead atoms. The number of hydrogen-bond acceptors (Lipinski definition) is 3. The van der Waals surface area contributed by atoms with Crippen molar-refractivity contribution in [1.82, 2.24) is 9.78 Å². The van der Waals surface area contributed by atoms with E-state index in [1.807, 2.05) is 0 Å². The number of benzene rings is 1. The predicted octanol–water partition coefficient (Wildman–Crippen LogP) is 2.67. The van der Waals surface area contributed by atoms with Crippen LogP contribution in [0.2, 0.25) is 5.02 Å². The van der Waals surface area contributed by atoms with Gasteiger partial charge in [0, 0.05) is 23.4 Å². The van der Waals surface area contributed by atoms with Crippen molar-refractivity contribution in [3.63, 3.8) is 0 Å². The number of alkyl halides is 1. The van der Waals surface area contributed by atoms with Gasteiger partial charge >= 0.3 is 0 Å². The van der Waals surface area contributed by atoms with Crippen molar-refractivity contribution in [1.29, 1.82) is 0 Å². The third kappa shape index (κ3) is 2.68. The third-order valence-corrected chi connectivity index (χ3v) is 4.02. The Morgan fingerprint density at radius 1 is 1.39 bits per heavy atom. The fourth-order valence-electron chi connectivity index (χ4n) is 1.49. The summed E-state index contributed by atoms with van der Waals surface area (Å²) in [6, 6.07) is 5.20. The Morgan fingerprint density at radius 2 is 2.11 bits per heavy atom. The van der Waals surface area contributed by atoms with Gasteiger partial charge in [-0.15, -0.1) is 11.6 Å². The maximum absolute atomic E-state index is 11.4. The number of halogens is 2. The summed E-state index contributed by atoms with van der Waals surface area (Å²) < 4.78 is 24.2. The highest BCUT2D eigenvalue weighted by atomic mass is 35.5. The van der Waals surface area contributed by atoms with Crippen LogP contribution < -0.4 is 0 Å². The van der Waals surface area contributed by atoms with Gasteiger partial charge in [0.2, 0.25) is 0 Å². The van der Waals surface area contributed by atoms with E-state index in [1.54, 1.807) is 18.2 Å². The molecule has 1 aromatic carbocycles. The first kappa shape index (κ1) is 13.4. The zero-order valence-electron chi connectivity index (χ0n) is 9.47. The second kappa shape index (κ2) is 4.91. The van der Waals surface area contributed by atoms with E-state index in [4.69, 9.17) is 23.2 Å². The van der Waals surface area contributed by atoms with Gasteiger partial charge in [0.1, 0.15) is 4.90 Å². The van der Waals surface area contributed by atoms with E-state index in [2.05, 4.69) is 5.10 Å². The molecule has 0 aliphatic rings. The van der Waals surface area contributed by atoms with Crippen molar-refractivity contribution < 1.29 is 8.42 Å². The average Bonchev–Trinajstić information content (AvgIpc) is 2.77. The first-order valence-corrected chi connectivity index (χ1v) is 7.81. The average molecular weight is 305 g/mol. The molecule has 0 unspecified atom stereocenters. The first-order chi connectivity index (χ1) is 8.41. The minimum Gasteiger partial charge on any atom is -0.239 e. The highest BCUT2D eigenvalue weighted by molar-refractivity contribution is 7.90. The van der Waals surface area contributed by atoms with E-state index in [0.29, 0.717) is 16.6 Å². The van der Waals surface area contributed by atoms with Gasteiger partial charge in [0.15, 0.2) is 9.84 Å². The van der Waals surface area contributed by atoms with E-state index in [1.165, 1.54) is 17.1 Å². The fourth-order valence-corrected chi connectivity index (χ4v) is 2.42. The summed E-state index contributed by atoms with van der Waals surface area (Å²) in [5.74, 6) is 0.292. The predicted molar refractivity (Wildman–Crippen MR) is 71.2 cm³/mol. The molecule has 2 rings (SSSR count). The van der Waals surface area contributed by atoms with Crippen molar-refractivity contribution >= 4 is 33.0 Å². The van der Waals surface area contributed by atoms with Crippen molar-refractivity contribution in [2.75, 3.05) is 6.26 Å². The number of hydrogen-bond donors (Lipinski definition) is 0. The van der Waals surface area contributed by atoms with E-state index in [9.17, 15) is 8.42 Å². The molecule has 0 aliphatic carbocycles. The largest absolute Gasteiger partial charge is 0.239 e. The molecule has 1 heterocycles. The van der Waals surface area contributed by atoms with Crippen molar-refractivity contribution in [2.24, 2.45) is 0 Å². The second-order valence-corrected chi connectivity index (χ2v) is 6.52. The normalized spacial score (nSPS) is 11.7. The van der Waals surface area contributed by atoms with Gasteiger partial charge in [-0.1, -0.05) is 17.7 Å². The maximum atomic E-state index is 11.4. The Kier molecular flexibility index (Phi) is 3.66. The second-order valence-electron chi connectivity index (χ2n) is 3.80. The Bertz CT molecular complexity index is 680. The minimum absolute atomic E-state index is 0.156. The van der Waals surface area contributed by atoms with Crippen LogP contribution in [0, 0.1) is 0 Å². The van der Waals surface area contributed by atoms with Crippen molar-refractivity contribution in [3.05, 3.63) is 41.2 Å². The van der Waals surface area contributed by atoms with Gasteiger partial charge in [-0.2, -0.15) is 5.10 Å². The molecule has 4 nitrogen and oxygen atoms in total. The first-order valence-electron chi connectivity index (χ1n) is 5.01. The standard InChI is InChI=1S/C11H10Cl2N2O2S/c1-18(16,17)10-6-14-15(7-10)11-4-9(13)3-2-8(11)5-12/h2-4,6-7H,5H2,1H3. The fraction of sp³-hybridized carbons (Fsp3) is 0.182. The Balaban J connectivity index is 2.55. The van der Waals surface area contributed by atoms with Gasteiger partial charge < -0.3 is 0 Å². The molecule has 96 valence electrons. The molecule has 0 amide bonds. The molecule has 0 radical (unpaired) electrons. The monoisotopic (exact) mass is 304 g/mol. The van der Waals surface area contributed by atoms with Crippen LogP contribution in [-0.2, 0) is 15.7 Å². The number of rotatable bonds is 3. The molecule has 0 atom stereocenters. The molecule has 0 saturated carbocycles. The minimum atomic E-state index is -3.27. The molecule has 0 N–H and O–H groups in total. The third-order valence-electron chi connectivity index (χ3n) is 2.43. The Hall–Kier alpha value is -1.04. The number of nitrogens with zero attached hydrogens (tertiary/aromatic N) is 2. The molecule has 0 fully saturated rings. The zero-order valence-corrected chi connectivity index (χ0v) is 11.8. The van der Waals surface area contributed by atoms with Crippen LogP contribution in [0.25, 0.3) is 5.69 Å². The van der Waals surface area contributed by atoms with Gasteiger partial charge in [-0.25, -0.2) is 13.1 Å². The molecule has 2 aromatic rings. The Morgan fingerprint density at radius 3 is 2.67 bits per heavy atom. The van der Waals surface area contributed by atoms with E-state index >= 15 is 0 Å². The summed E-state index contributed by atoms with van der Waals surface area (Å²) >= 11 is 11.7. The molecule has 1 aromatic heterocycles. The van der Waals surface area contributed by atoms with Crippen LogP contribution in [0.1, 0.15) is 5.56 Å². The summed E-state index contributed by atoms with van der Waals surface area (Å²) in [4.78, 5) is 0.156. The maximum Gasteiger partial charge on any atom is 0.178 e. The lowest BCUT2D eigenvalue weighted by molar-refractivity contribution is 0.602. The van der Waals surface area contributed by atoms with Crippen molar-refractivity contribution in [2.45, 2.75) is 10.8 Å². The van der Waals surface area contributed by atoms with Crippen LogP contribution in [0.4, 0.5) is 0 Å². The van der Waals surface area contributed by atoms with Crippen LogP contribution in [0.3, 0.4) is 0 Å². The lowest BCUT2D eigenvalue weighted by atomic mass is 10.2. The molecular weight excluding hydrogens is 295 g/mol. The summed E-state index contributed by atoms with van der Waals surface area (Å²) in [5.41, 5.74) is 1.50. The van der Waals surface area contributed by atoms with Crippen LogP contribution in [0.15, 0.2) is 35.5 Å². The summed E-state index contributed by atoms with van der Waals surface area (Å²) in [6.45, 7) is 0. The summed E-state index contributed by atoms with van der Waals surface area (Å²) in [7, 11) is -3.27. The highest BCUT2D eigenvalue weighted by Gasteiger charge is 2.12. The van der Waals surface area contributed by atoms with Crippen LogP contribution >= 0.6 is 23.2 Å². The topological polar surface area (TPSA) is 52.0 Å². The lowest BCUT2D eigenvalue weighted by Crippen LogP contribution is -1.99. The van der Waals surface area contributed by atoms with Crippen LogP contribution in [-0.4, -0.2) is 24.5 Å². The molecule has 0 spiro atoms. The van der Waals surface area contributed by atoms with Gasteiger partial charge in [-0.05, 0) is 17.7 Å².